The van der Waals surface area contributed by atoms with E-state index in [0.29, 0.717) is 10.9 Å². The van der Waals surface area contributed by atoms with Crippen molar-refractivity contribution in [1.29, 1.82) is 0 Å². The Hall–Kier alpha value is -3.14. The first-order valence-electron chi connectivity index (χ1n) is 7.31. The lowest BCUT2D eigenvalue weighted by Gasteiger charge is -2.04. The molecule has 0 radical (unpaired) electrons. The van der Waals surface area contributed by atoms with Crippen LogP contribution in [-0.2, 0) is 0 Å². The van der Waals surface area contributed by atoms with E-state index in [1.807, 2.05) is 55.5 Å². The van der Waals surface area contributed by atoms with Crippen LogP contribution in [-0.4, -0.2) is 4.92 Å². The van der Waals surface area contributed by atoms with Crippen molar-refractivity contribution in [2.75, 3.05) is 5.32 Å². The second-order valence-corrected chi connectivity index (χ2v) is 5.33. The van der Waals surface area contributed by atoms with Crippen LogP contribution in [0.1, 0.15) is 11.1 Å². The van der Waals surface area contributed by atoms with Crippen LogP contribution in [0.3, 0.4) is 0 Å². The molecular weight excluding hydrogens is 288 g/mol. The van der Waals surface area contributed by atoms with Crippen LogP contribution in [0, 0.1) is 17.0 Å². The number of hydrogen-bond donors (Lipinski definition) is 1. The Morgan fingerprint density at radius 2 is 1.74 bits per heavy atom. The van der Waals surface area contributed by atoms with Gasteiger partial charge in [-0.05, 0) is 42.7 Å². The van der Waals surface area contributed by atoms with Crippen molar-refractivity contribution >= 4 is 28.2 Å². The van der Waals surface area contributed by atoms with Gasteiger partial charge in [0.1, 0.15) is 0 Å². The van der Waals surface area contributed by atoms with Gasteiger partial charge >= 0.3 is 0 Å². The zero-order chi connectivity index (χ0) is 16.2. The van der Waals surface area contributed by atoms with Gasteiger partial charge in [0.25, 0.3) is 5.69 Å². The highest BCUT2D eigenvalue weighted by molar-refractivity contribution is 5.94. The molecule has 0 unspecified atom stereocenters. The Labute approximate surface area is 134 Å². The highest BCUT2D eigenvalue weighted by Gasteiger charge is 2.16. The number of fused-ring (bicyclic) bond motifs is 1. The fourth-order valence-corrected chi connectivity index (χ4v) is 2.49. The van der Waals surface area contributed by atoms with E-state index in [-0.39, 0.29) is 10.6 Å². The summed E-state index contributed by atoms with van der Waals surface area (Å²) in [5.74, 6) is 0. The average Bonchev–Trinajstić information content (AvgIpc) is 2.56. The van der Waals surface area contributed by atoms with Gasteiger partial charge in [0.05, 0.1) is 15.9 Å². The molecule has 0 heterocycles. The van der Waals surface area contributed by atoms with Gasteiger partial charge in [-0.3, -0.25) is 10.1 Å². The summed E-state index contributed by atoms with van der Waals surface area (Å²) < 4.78 is 0. The Bertz CT molecular complexity index is 884. The van der Waals surface area contributed by atoms with Crippen molar-refractivity contribution in [1.82, 2.24) is 0 Å². The van der Waals surface area contributed by atoms with Crippen LogP contribution in [0.15, 0.2) is 66.9 Å². The second kappa shape index (κ2) is 6.32. The van der Waals surface area contributed by atoms with Gasteiger partial charge in [0, 0.05) is 11.9 Å². The van der Waals surface area contributed by atoms with E-state index in [0.717, 1.165) is 11.1 Å². The smallest absolute Gasteiger partial charge is 0.284 e. The summed E-state index contributed by atoms with van der Waals surface area (Å²) in [6.07, 6.45) is 3.45. The molecule has 0 aliphatic carbocycles. The maximum absolute atomic E-state index is 11.5. The lowest BCUT2D eigenvalue weighted by atomic mass is 10.0. The number of rotatable bonds is 4. The fraction of sp³-hybridized carbons (Fsp3) is 0.0526. The van der Waals surface area contributed by atoms with E-state index in [2.05, 4.69) is 5.32 Å². The fourth-order valence-electron chi connectivity index (χ4n) is 2.49. The first kappa shape index (κ1) is 14.8. The molecule has 114 valence electrons. The number of nitrogens with zero attached hydrogens (tertiary/aromatic N) is 1. The van der Waals surface area contributed by atoms with Gasteiger partial charge in [-0.25, -0.2) is 0 Å². The standard InChI is InChI=1S/C19H16N2O2/c1-14-6-10-17(11-7-14)20-13-12-16-9-8-15-4-2-3-5-18(15)19(16)21(22)23/h2-13,20H,1H3/b13-12+. The van der Waals surface area contributed by atoms with E-state index >= 15 is 0 Å². The molecule has 3 aromatic carbocycles. The van der Waals surface area contributed by atoms with Crippen molar-refractivity contribution in [2.24, 2.45) is 0 Å². The largest absolute Gasteiger partial charge is 0.362 e. The number of nitrogens with one attached hydrogen (secondary N) is 1. The number of benzene rings is 3. The lowest BCUT2D eigenvalue weighted by molar-refractivity contribution is -0.383. The van der Waals surface area contributed by atoms with Gasteiger partial charge in [-0.2, -0.15) is 0 Å². The molecule has 1 N–H and O–H groups in total. The number of nitro groups is 1. The number of nitro benzene ring substituents is 1. The molecule has 0 fully saturated rings. The summed E-state index contributed by atoms with van der Waals surface area (Å²) in [5, 5.41) is 16.1. The Morgan fingerprint density at radius 1 is 1.00 bits per heavy atom. The topological polar surface area (TPSA) is 55.2 Å². The quantitative estimate of drug-likeness (QED) is 0.536. The van der Waals surface area contributed by atoms with Crippen molar-refractivity contribution in [3.63, 3.8) is 0 Å². The van der Waals surface area contributed by atoms with Gasteiger partial charge in [0.15, 0.2) is 0 Å². The zero-order valence-electron chi connectivity index (χ0n) is 12.7. The molecule has 3 rings (SSSR count). The van der Waals surface area contributed by atoms with Crippen LogP contribution in [0.25, 0.3) is 16.8 Å². The predicted molar refractivity (Wildman–Crippen MR) is 94.4 cm³/mol. The summed E-state index contributed by atoms with van der Waals surface area (Å²) in [6.45, 7) is 2.03. The summed E-state index contributed by atoms with van der Waals surface area (Å²) in [7, 11) is 0. The van der Waals surface area contributed by atoms with E-state index in [4.69, 9.17) is 0 Å². The molecule has 0 amide bonds. The molecule has 0 atom stereocenters. The van der Waals surface area contributed by atoms with Crippen molar-refractivity contribution in [2.45, 2.75) is 6.92 Å². The minimum Gasteiger partial charge on any atom is -0.362 e. The summed E-state index contributed by atoms with van der Waals surface area (Å²) >= 11 is 0. The molecule has 23 heavy (non-hydrogen) atoms. The van der Waals surface area contributed by atoms with Gasteiger partial charge in [-0.15, -0.1) is 0 Å². The first-order valence-corrected chi connectivity index (χ1v) is 7.31. The van der Waals surface area contributed by atoms with Gasteiger partial charge < -0.3 is 5.32 Å². The van der Waals surface area contributed by atoms with Crippen LogP contribution in [0.2, 0.25) is 0 Å². The Morgan fingerprint density at radius 3 is 2.48 bits per heavy atom. The number of hydrogen-bond acceptors (Lipinski definition) is 3. The molecule has 0 aliphatic rings. The van der Waals surface area contributed by atoms with Crippen molar-refractivity contribution < 1.29 is 4.92 Å². The zero-order valence-corrected chi connectivity index (χ0v) is 12.7. The molecule has 0 aliphatic heterocycles. The SMILES string of the molecule is Cc1ccc(N/C=C/c2ccc3ccccc3c2[N+](=O)[O-])cc1. The van der Waals surface area contributed by atoms with Gasteiger partial charge in [-0.1, -0.05) is 42.0 Å². The molecule has 0 bridgehead atoms. The molecule has 0 aromatic heterocycles. The predicted octanol–water partition coefficient (Wildman–Crippen LogP) is 5.14. The van der Waals surface area contributed by atoms with Crippen LogP contribution < -0.4 is 5.32 Å². The molecule has 0 spiro atoms. The number of aryl methyl sites for hydroxylation is 1. The second-order valence-electron chi connectivity index (χ2n) is 5.33. The van der Waals surface area contributed by atoms with Gasteiger partial charge in [0.2, 0.25) is 0 Å². The molecule has 0 saturated carbocycles. The number of anilines is 1. The third-order valence-electron chi connectivity index (χ3n) is 3.68. The average molecular weight is 304 g/mol. The minimum absolute atomic E-state index is 0.130. The van der Waals surface area contributed by atoms with Crippen LogP contribution in [0.4, 0.5) is 11.4 Å². The van der Waals surface area contributed by atoms with E-state index in [9.17, 15) is 10.1 Å². The third kappa shape index (κ3) is 3.21. The highest BCUT2D eigenvalue weighted by atomic mass is 16.6. The summed E-state index contributed by atoms with van der Waals surface area (Å²) in [6, 6.07) is 19.0. The Kier molecular flexibility index (Phi) is 4.06. The maximum Gasteiger partial charge on any atom is 0.284 e. The van der Waals surface area contributed by atoms with Crippen LogP contribution >= 0.6 is 0 Å². The van der Waals surface area contributed by atoms with Crippen LogP contribution in [0.5, 0.6) is 0 Å². The molecular formula is C19H16N2O2. The molecule has 4 heteroatoms. The normalized spacial score (nSPS) is 11.0. The van der Waals surface area contributed by atoms with E-state index in [1.165, 1.54) is 5.56 Å². The summed E-state index contributed by atoms with van der Waals surface area (Å²) in [4.78, 5) is 11.1. The summed E-state index contributed by atoms with van der Waals surface area (Å²) in [5.41, 5.74) is 2.83. The maximum atomic E-state index is 11.5. The molecule has 3 aromatic rings. The minimum atomic E-state index is -0.326. The monoisotopic (exact) mass is 304 g/mol. The van der Waals surface area contributed by atoms with E-state index < -0.39 is 0 Å². The highest BCUT2D eigenvalue weighted by Crippen LogP contribution is 2.30. The van der Waals surface area contributed by atoms with E-state index in [1.54, 1.807) is 24.4 Å². The Balaban J connectivity index is 1.93. The molecule has 4 nitrogen and oxygen atoms in total. The molecule has 0 saturated heterocycles. The lowest BCUT2D eigenvalue weighted by Crippen LogP contribution is -1.94. The first-order chi connectivity index (χ1) is 11.1. The third-order valence-corrected chi connectivity index (χ3v) is 3.68. The van der Waals surface area contributed by atoms with Crippen molar-refractivity contribution in [3.8, 4) is 0 Å². The van der Waals surface area contributed by atoms with Crippen molar-refractivity contribution in [3.05, 3.63) is 88.1 Å².